The zero-order valence-electron chi connectivity index (χ0n) is 11.5. The van der Waals surface area contributed by atoms with Gasteiger partial charge in [0.2, 0.25) is 0 Å². The van der Waals surface area contributed by atoms with Gasteiger partial charge in [0.1, 0.15) is 11.5 Å². The zero-order valence-corrected chi connectivity index (χ0v) is 11.5. The molecule has 1 aliphatic carbocycles. The van der Waals surface area contributed by atoms with Crippen LogP contribution < -0.4 is 0 Å². The Labute approximate surface area is 113 Å². The number of amides is 1. The maximum absolute atomic E-state index is 12.4. The van der Waals surface area contributed by atoms with Gasteiger partial charge < -0.3 is 15.1 Å². The van der Waals surface area contributed by atoms with Crippen LogP contribution in [-0.2, 0) is 0 Å². The normalized spacial score (nSPS) is 23.1. The van der Waals surface area contributed by atoms with Gasteiger partial charge in [-0.15, -0.1) is 0 Å². The lowest BCUT2D eigenvalue weighted by molar-refractivity contribution is 0.0669. The molecule has 4 heteroatoms. The second kappa shape index (κ2) is 5.51. The van der Waals surface area contributed by atoms with E-state index < -0.39 is 0 Å². The molecule has 0 aliphatic heterocycles. The lowest BCUT2D eigenvalue weighted by atomic mass is 9.86. The highest BCUT2D eigenvalue weighted by molar-refractivity contribution is 5.97. The number of nitrogens with zero attached hydrogens (tertiary/aromatic N) is 1. The van der Waals surface area contributed by atoms with Gasteiger partial charge in [-0.1, -0.05) is 19.8 Å². The fourth-order valence-electron chi connectivity index (χ4n) is 2.81. The van der Waals surface area contributed by atoms with Crippen LogP contribution in [0.2, 0.25) is 0 Å². The van der Waals surface area contributed by atoms with E-state index in [1.54, 1.807) is 11.9 Å². The van der Waals surface area contributed by atoms with Crippen molar-refractivity contribution in [3.63, 3.8) is 0 Å². The molecular weight excluding hydrogens is 242 g/mol. The van der Waals surface area contributed by atoms with E-state index in [2.05, 4.69) is 6.92 Å². The minimum atomic E-state index is -0.229. The van der Waals surface area contributed by atoms with Crippen molar-refractivity contribution < 1.29 is 15.0 Å². The van der Waals surface area contributed by atoms with Crippen LogP contribution in [0.3, 0.4) is 0 Å². The van der Waals surface area contributed by atoms with Crippen molar-refractivity contribution >= 4 is 5.91 Å². The molecule has 1 amide bonds. The number of aromatic hydroxyl groups is 2. The molecule has 4 nitrogen and oxygen atoms in total. The molecule has 0 bridgehead atoms. The van der Waals surface area contributed by atoms with Crippen molar-refractivity contribution in [3.05, 3.63) is 23.8 Å². The van der Waals surface area contributed by atoms with E-state index in [0.717, 1.165) is 19.3 Å². The molecule has 1 aromatic rings. The van der Waals surface area contributed by atoms with E-state index in [-0.39, 0.29) is 29.0 Å². The van der Waals surface area contributed by atoms with Crippen LogP contribution in [0.4, 0.5) is 0 Å². The number of phenols is 2. The highest BCUT2D eigenvalue weighted by Gasteiger charge is 2.27. The van der Waals surface area contributed by atoms with E-state index in [4.69, 9.17) is 0 Å². The first-order valence-corrected chi connectivity index (χ1v) is 6.78. The lowest BCUT2D eigenvalue weighted by Gasteiger charge is -2.34. The molecule has 2 N–H and O–H groups in total. The summed E-state index contributed by atoms with van der Waals surface area (Å²) in [6.07, 6.45) is 4.36. The SMILES string of the molecule is CC1CCCC(N(C)C(=O)c2cc(O)ccc2O)C1. The lowest BCUT2D eigenvalue weighted by Crippen LogP contribution is -2.39. The highest BCUT2D eigenvalue weighted by Crippen LogP contribution is 2.29. The van der Waals surface area contributed by atoms with Crippen LogP contribution in [0.15, 0.2) is 18.2 Å². The average Bonchev–Trinajstić information content (AvgIpc) is 2.40. The molecule has 1 aliphatic rings. The summed E-state index contributed by atoms with van der Waals surface area (Å²) in [6, 6.07) is 4.26. The predicted octanol–water partition coefficient (Wildman–Crippen LogP) is 2.75. The van der Waals surface area contributed by atoms with Gasteiger partial charge in [0, 0.05) is 13.1 Å². The largest absolute Gasteiger partial charge is 0.508 e. The standard InChI is InChI=1S/C15H21NO3/c1-10-4-3-5-11(8-10)16(2)15(19)13-9-12(17)6-7-14(13)18/h6-7,9-11,17-18H,3-5,8H2,1-2H3. The third kappa shape index (κ3) is 3.00. The highest BCUT2D eigenvalue weighted by atomic mass is 16.3. The fraction of sp³-hybridized carbons (Fsp3) is 0.533. The topological polar surface area (TPSA) is 60.8 Å². The molecule has 0 radical (unpaired) electrons. The van der Waals surface area contributed by atoms with Gasteiger partial charge in [-0.25, -0.2) is 0 Å². The van der Waals surface area contributed by atoms with Crippen LogP contribution in [0.25, 0.3) is 0 Å². The molecule has 1 fully saturated rings. The molecule has 1 aromatic carbocycles. The summed E-state index contributed by atoms with van der Waals surface area (Å²) >= 11 is 0. The Bertz CT molecular complexity index is 472. The molecule has 2 atom stereocenters. The second-order valence-corrected chi connectivity index (χ2v) is 5.54. The molecule has 0 spiro atoms. The van der Waals surface area contributed by atoms with Crippen molar-refractivity contribution in [1.82, 2.24) is 4.90 Å². The predicted molar refractivity (Wildman–Crippen MR) is 73.3 cm³/mol. The van der Waals surface area contributed by atoms with E-state index in [0.29, 0.717) is 5.92 Å². The minimum absolute atomic E-state index is 0.00781. The minimum Gasteiger partial charge on any atom is -0.508 e. The van der Waals surface area contributed by atoms with Gasteiger partial charge in [0.25, 0.3) is 5.91 Å². The summed E-state index contributed by atoms with van der Waals surface area (Å²) < 4.78 is 0. The maximum atomic E-state index is 12.4. The zero-order chi connectivity index (χ0) is 14.0. The number of hydrogen-bond donors (Lipinski definition) is 2. The number of phenolic OH excluding ortho intramolecular Hbond substituents is 2. The van der Waals surface area contributed by atoms with Gasteiger partial charge >= 0.3 is 0 Å². The van der Waals surface area contributed by atoms with E-state index in [1.807, 2.05) is 0 Å². The van der Waals surface area contributed by atoms with Gasteiger partial charge in [0.15, 0.2) is 0 Å². The number of hydrogen-bond acceptors (Lipinski definition) is 3. The first kappa shape index (κ1) is 13.7. The summed E-state index contributed by atoms with van der Waals surface area (Å²) in [5.41, 5.74) is 0.167. The van der Waals surface area contributed by atoms with Crippen molar-refractivity contribution in [3.8, 4) is 11.5 Å². The van der Waals surface area contributed by atoms with Gasteiger partial charge in [0.05, 0.1) is 5.56 Å². The third-order valence-electron chi connectivity index (χ3n) is 3.99. The molecular formula is C15H21NO3. The Kier molecular flexibility index (Phi) is 3.98. The summed E-state index contributed by atoms with van der Waals surface area (Å²) in [6.45, 7) is 2.20. The smallest absolute Gasteiger partial charge is 0.257 e. The summed E-state index contributed by atoms with van der Waals surface area (Å²) in [7, 11) is 1.77. The van der Waals surface area contributed by atoms with Gasteiger partial charge in [-0.3, -0.25) is 4.79 Å². The molecule has 104 valence electrons. The maximum Gasteiger partial charge on any atom is 0.257 e. The Morgan fingerprint density at radius 2 is 2.05 bits per heavy atom. The quantitative estimate of drug-likeness (QED) is 0.806. The van der Waals surface area contributed by atoms with Crippen molar-refractivity contribution in [1.29, 1.82) is 0 Å². The van der Waals surface area contributed by atoms with E-state index in [1.165, 1.54) is 24.6 Å². The fourth-order valence-corrected chi connectivity index (χ4v) is 2.81. The van der Waals surface area contributed by atoms with Crippen LogP contribution in [-0.4, -0.2) is 34.1 Å². The number of benzene rings is 1. The molecule has 1 saturated carbocycles. The Hall–Kier alpha value is -1.71. The molecule has 2 rings (SSSR count). The van der Waals surface area contributed by atoms with Crippen LogP contribution in [0.1, 0.15) is 43.0 Å². The van der Waals surface area contributed by atoms with Crippen molar-refractivity contribution in [2.75, 3.05) is 7.05 Å². The van der Waals surface area contributed by atoms with E-state index in [9.17, 15) is 15.0 Å². The average molecular weight is 263 g/mol. The summed E-state index contributed by atoms with van der Waals surface area (Å²) in [5.74, 6) is 0.310. The first-order valence-electron chi connectivity index (χ1n) is 6.78. The van der Waals surface area contributed by atoms with Crippen LogP contribution in [0.5, 0.6) is 11.5 Å². The van der Waals surface area contributed by atoms with Crippen molar-refractivity contribution in [2.24, 2.45) is 5.92 Å². The monoisotopic (exact) mass is 263 g/mol. The molecule has 0 heterocycles. The number of carbonyl (C=O) groups is 1. The molecule has 0 aromatic heterocycles. The molecule has 19 heavy (non-hydrogen) atoms. The Morgan fingerprint density at radius 1 is 1.32 bits per heavy atom. The van der Waals surface area contributed by atoms with Crippen LogP contribution >= 0.6 is 0 Å². The molecule has 2 unspecified atom stereocenters. The second-order valence-electron chi connectivity index (χ2n) is 5.54. The van der Waals surface area contributed by atoms with Crippen LogP contribution in [0, 0.1) is 5.92 Å². The van der Waals surface area contributed by atoms with E-state index >= 15 is 0 Å². The van der Waals surface area contributed by atoms with Crippen molar-refractivity contribution in [2.45, 2.75) is 38.6 Å². The Balaban J connectivity index is 2.16. The number of carbonyl (C=O) groups excluding carboxylic acids is 1. The van der Waals surface area contributed by atoms with Gasteiger partial charge in [-0.05, 0) is 37.0 Å². The third-order valence-corrected chi connectivity index (χ3v) is 3.99. The van der Waals surface area contributed by atoms with Gasteiger partial charge in [-0.2, -0.15) is 0 Å². The summed E-state index contributed by atoms with van der Waals surface area (Å²) in [5, 5.41) is 19.2. The number of rotatable bonds is 2. The Morgan fingerprint density at radius 3 is 2.74 bits per heavy atom. The first-order chi connectivity index (χ1) is 8.99. The molecule has 0 saturated heterocycles. The summed E-state index contributed by atoms with van der Waals surface area (Å²) in [4.78, 5) is 14.1.